The van der Waals surface area contributed by atoms with Gasteiger partial charge >= 0.3 is 0 Å². The lowest BCUT2D eigenvalue weighted by Crippen LogP contribution is -2.36. The van der Waals surface area contributed by atoms with Crippen molar-refractivity contribution in [1.29, 1.82) is 0 Å². The topological polar surface area (TPSA) is 63.9 Å². The fraction of sp³-hybridized carbons (Fsp3) is 0.300. The Balaban J connectivity index is 1.88. The van der Waals surface area contributed by atoms with Crippen LogP contribution in [0.25, 0.3) is 0 Å². The van der Waals surface area contributed by atoms with E-state index in [-0.39, 0.29) is 11.9 Å². The molecule has 0 aliphatic carbocycles. The molecule has 0 spiro atoms. The third kappa shape index (κ3) is 4.14. The lowest BCUT2D eigenvalue weighted by atomic mass is 9.97. The third-order valence-electron chi connectivity index (χ3n) is 4.39. The molecule has 1 atom stereocenters. The number of carbonyl (C=O) groups is 1. The number of benzene rings is 1. The van der Waals surface area contributed by atoms with Gasteiger partial charge in [0.25, 0.3) is 0 Å². The van der Waals surface area contributed by atoms with Crippen molar-refractivity contribution in [2.75, 3.05) is 6.54 Å². The van der Waals surface area contributed by atoms with Crippen molar-refractivity contribution in [3.63, 3.8) is 0 Å². The third-order valence-corrected chi connectivity index (χ3v) is 4.39. The first-order chi connectivity index (χ1) is 12.7. The molecule has 0 saturated carbocycles. The molecule has 0 radical (unpaired) electrons. The number of carbonyl (C=O) groups excluding carboxylic acids is 1. The summed E-state index contributed by atoms with van der Waals surface area (Å²) < 4.78 is 1.68. The molecule has 26 heavy (non-hydrogen) atoms. The number of pyridine rings is 1. The van der Waals surface area contributed by atoms with E-state index in [0.29, 0.717) is 19.5 Å². The Morgan fingerprint density at radius 1 is 1.15 bits per heavy atom. The standard InChI is InChI=1S/C20H23N5O/c1-3-25(19(26)10-12-24-15-22-14-23-24)20(18-5-4-11-21-13-18)17-8-6-16(2)7-9-17/h4-9,11,13-15,20H,3,10,12H2,1-2H3/t20-/m1/s1. The normalized spacial score (nSPS) is 11.9. The molecule has 0 aliphatic heterocycles. The second-order valence-electron chi connectivity index (χ2n) is 6.19. The van der Waals surface area contributed by atoms with Crippen molar-refractivity contribution in [2.24, 2.45) is 0 Å². The highest BCUT2D eigenvalue weighted by molar-refractivity contribution is 5.77. The quantitative estimate of drug-likeness (QED) is 0.658. The molecular weight excluding hydrogens is 326 g/mol. The van der Waals surface area contributed by atoms with Gasteiger partial charge in [-0.2, -0.15) is 5.10 Å². The van der Waals surface area contributed by atoms with E-state index in [2.05, 4.69) is 46.3 Å². The highest BCUT2D eigenvalue weighted by Crippen LogP contribution is 2.29. The lowest BCUT2D eigenvalue weighted by molar-refractivity contribution is -0.133. The van der Waals surface area contributed by atoms with Crippen molar-refractivity contribution in [1.82, 2.24) is 24.6 Å². The zero-order valence-corrected chi connectivity index (χ0v) is 15.1. The molecular formula is C20H23N5O. The number of rotatable bonds is 7. The highest BCUT2D eigenvalue weighted by atomic mass is 16.2. The van der Waals surface area contributed by atoms with Gasteiger partial charge in [0, 0.05) is 25.4 Å². The van der Waals surface area contributed by atoms with Crippen LogP contribution in [0.4, 0.5) is 0 Å². The summed E-state index contributed by atoms with van der Waals surface area (Å²) in [5.41, 5.74) is 3.28. The van der Waals surface area contributed by atoms with Gasteiger partial charge in [0.15, 0.2) is 0 Å². The smallest absolute Gasteiger partial charge is 0.225 e. The average molecular weight is 349 g/mol. The van der Waals surface area contributed by atoms with Crippen molar-refractivity contribution in [3.8, 4) is 0 Å². The minimum Gasteiger partial charge on any atom is -0.332 e. The molecule has 1 amide bonds. The highest BCUT2D eigenvalue weighted by Gasteiger charge is 2.25. The van der Waals surface area contributed by atoms with E-state index in [1.807, 2.05) is 30.2 Å². The van der Waals surface area contributed by atoms with Crippen LogP contribution in [-0.4, -0.2) is 37.1 Å². The van der Waals surface area contributed by atoms with Crippen molar-refractivity contribution in [2.45, 2.75) is 32.9 Å². The van der Waals surface area contributed by atoms with Crippen LogP contribution >= 0.6 is 0 Å². The molecule has 0 bridgehead atoms. The zero-order valence-electron chi connectivity index (χ0n) is 15.1. The minimum atomic E-state index is -0.155. The molecule has 3 rings (SSSR count). The van der Waals surface area contributed by atoms with Gasteiger partial charge in [-0.15, -0.1) is 0 Å². The summed E-state index contributed by atoms with van der Waals surface area (Å²) in [6.07, 6.45) is 7.06. The van der Waals surface area contributed by atoms with Gasteiger partial charge in [-0.1, -0.05) is 35.9 Å². The predicted molar refractivity (Wildman–Crippen MR) is 99.3 cm³/mol. The molecule has 1 aromatic carbocycles. The van der Waals surface area contributed by atoms with E-state index in [1.165, 1.54) is 11.9 Å². The molecule has 0 N–H and O–H groups in total. The molecule has 0 aliphatic rings. The number of aromatic nitrogens is 4. The van der Waals surface area contributed by atoms with E-state index < -0.39 is 0 Å². The molecule has 6 heteroatoms. The van der Waals surface area contributed by atoms with Gasteiger partial charge in [-0.05, 0) is 31.0 Å². The van der Waals surface area contributed by atoms with Crippen LogP contribution < -0.4 is 0 Å². The van der Waals surface area contributed by atoms with Gasteiger partial charge in [-0.3, -0.25) is 14.5 Å². The first-order valence-electron chi connectivity index (χ1n) is 8.77. The second-order valence-corrected chi connectivity index (χ2v) is 6.19. The van der Waals surface area contributed by atoms with Gasteiger partial charge in [0.2, 0.25) is 5.91 Å². The summed E-state index contributed by atoms with van der Waals surface area (Å²) in [4.78, 5) is 23.0. The number of aryl methyl sites for hydroxylation is 2. The number of nitrogens with zero attached hydrogens (tertiary/aromatic N) is 5. The van der Waals surface area contributed by atoms with Crippen LogP contribution in [0.3, 0.4) is 0 Å². The van der Waals surface area contributed by atoms with Crippen molar-refractivity contribution < 1.29 is 4.79 Å². The molecule has 2 aromatic heterocycles. The summed E-state index contributed by atoms with van der Waals surface area (Å²) in [5.74, 6) is 0.0810. The van der Waals surface area contributed by atoms with E-state index in [0.717, 1.165) is 11.1 Å². The van der Waals surface area contributed by atoms with Crippen LogP contribution in [0, 0.1) is 6.92 Å². The van der Waals surface area contributed by atoms with E-state index in [1.54, 1.807) is 17.2 Å². The summed E-state index contributed by atoms with van der Waals surface area (Å²) in [6.45, 7) is 5.20. The van der Waals surface area contributed by atoms with Gasteiger partial charge in [0.05, 0.1) is 12.6 Å². The van der Waals surface area contributed by atoms with E-state index >= 15 is 0 Å². The first-order valence-corrected chi connectivity index (χ1v) is 8.77. The Labute approximate surface area is 153 Å². The monoisotopic (exact) mass is 349 g/mol. The summed E-state index contributed by atoms with van der Waals surface area (Å²) in [6, 6.07) is 12.1. The fourth-order valence-electron chi connectivity index (χ4n) is 3.04. The summed E-state index contributed by atoms with van der Waals surface area (Å²) >= 11 is 0. The SMILES string of the molecule is CCN(C(=O)CCn1cncn1)[C@H](c1ccc(C)cc1)c1cccnc1. The summed E-state index contributed by atoms with van der Waals surface area (Å²) in [7, 11) is 0. The number of amides is 1. The Kier molecular flexibility index (Phi) is 5.73. The molecule has 0 saturated heterocycles. The Morgan fingerprint density at radius 2 is 1.96 bits per heavy atom. The zero-order chi connectivity index (χ0) is 18.4. The van der Waals surface area contributed by atoms with Crippen LogP contribution in [0.5, 0.6) is 0 Å². The molecule has 6 nitrogen and oxygen atoms in total. The minimum absolute atomic E-state index is 0.0810. The average Bonchev–Trinajstić information content (AvgIpc) is 3.19. The number of hydrogen-bond donors (Lipinski definition) is 0. The number of hydrogen-bond acceptors (Lipinski definition) is 4. The van der Waals surface area contributed by atoms with Crippen LogP contribution in [-0.2, 0) is 11.3 Å². The van der Waals surface area contributed by atoms with Crippen molar-refractivity contribution >= 4 is 5.91 Å². The molecule has 134 valence electrons. The molecule has 0 fully saturated rings. The Hall–Kier alpha value is -3.02. The van der Waals surface area contributed by atoms with Gasteiger partial charge in [-0.25, -0.2) is 4.98 Å². The molecule has 2 heterocycles. The first kappa shape index (κ1) is 17.8. The second kappa shape index (κ2) is 8.38. The van der Waals surface area contributed by atoms with Gasteiger partial charge < -0.3 is 4.90 Å². The van der Waals surface area contributed by atoms with E-state index in [4.69, 9.17) is 0 Å². The molecule has 0 unspecified atom stereocenters. The lowest BCUT2D eigenvalue weighted by Gasteiger charge is -2.32. The van der Waals surface area contributed by atoms with Crippen LogP contribution in [0.1, 0.15) is 36.1 Å². The maximum absolute atomic E-state index is 13.0. The maximum Gasteiger partial charge on any atom is 0.225 e. The Bertz CT molecular complexity index is 815. The summed E-state index contributed by atoms with van der Waals surface area (Å²) in [5, 5.41) is 4.07. The van der Waals surface area contributed by atoms with E-state index in [9.17, 15) is 4.79 Å². The fourth-order valence-corrected chi connectivity index (χ4v) is 3.04. The van der Waals surface area contributed by atoms with Crippen LogP contribution in [0.2, 0.25) is 0 Å². The van der Waals surface area contributed by atoms with Gasteiger partial charge in [0.1, 0.15) is 12.7 Å². The molecule has 3 aromatic rings. The van der Waals surface area contributed by atoms with Crippen molar-refractivity contribution in [3.05, 3.63) is 78.1 Å². The largest absolute Gasteiger partial charge is 0.332 e. The maximum atomic E-state index is 13.0. The van der Waals surface area contributed by atoms with Crippen LogP contribution in [0.15, 0.2) is 61.4 Å². The predicted octanol–water partition coefficient (Wildman–Crippen LogP) is 3.01. The Morgan fingerprint density at radius 3 is 2.58 bits per heavy atom.